The highest BCUT2D eigenvalue weighted by Crippen LogP contribution is 2.34. The Hall–Kier alpha value is -2.91. The summed E-state index contributed by atoms with van der Waals surface area (Å²) < 4.78 is 30.9. The number of nitrogens with zero attached hydrogens (tertiary/aromatic N) is 2. The molecular formula is C29H33ClN4O3S. The lowest BCUT2D eigenvalue weighted by Crippen LogP contribution is -2.46. The van der Waals surface area contributed by atoms with Crippen LogP contribution in [0.3, 0.4) is 0 Å². The zero-order valence-electron chi connectivity index (χ0n) is 21.5. The van der Waals surface area contributed by atoms with E-state index in [1.54, 1.807) is 42.5 Å². The third kappa shape index (κ3) is 5.89. The molecule has 2 aliphatic rings. The summed E-state index contributed by atoms with van der Waals surface area (Å²) in [5.41, 5.74) is 3.68. The van der Waals surface area contributed by atoms with Crippen LogP contribution in [0.4, 0.5) is 11.4 Å². The van der Waals surface area contributed by atoms with E-state index in [0.29, 0.717) is 22.0 Å². The van der Waals surface area contributed by atoms with Crippen LogP contribution < -0.4 is 14.9 Å². The fourth-order valence-corrected chi connectivity index (χ4v) is 7.02. The number of nitrogens with one attached hydrogen (secondary N) is 2. The van der Waals surface area contributed by atoms with E-state index in [1.807, 2.05) is 18.2 Å². The summed E-state index contributed by atoms with van der Waals surface area (Å²) in [4.78, 5) is 17.5. The number of rotatable bonds is 7. The minimum atomic E-state index is -3.91. The molecule has 3 aromatic rings. The van der Waals surface area contributed by atoms with Crippen molar-refractivity contribution in [3.63, 3.8) is 0 Å². The van der Waals surface area contributed by atoms with Crippen molar-refractivity contribution in [2.24, 2.45) is 0 Å². The molecular weight excluding hydrogens is 520 g/mol. The summed E-state index contributed by atoms with van der Waals surface area (Å²) in [6.45, 7) is 6.30. The molecule has 2 N–H and O–H groups in total. The first-order valence-electron chi connectivity index (χ1n) is 13.1. The summed E-state index contributed by atoms with van der Waals surface area (Å²) in [5.74, 6) is -0.352. The number of fused-ring (bicyclic) bond motifs is 1. The average Bonchev–Trinajstić information content (AvgIpc) is 2.93. The van der Waals surface area contributed by atoms with Crippen molar-refractivity contribution in [3.8, 4) is 0 Å². The fourth-order valence-electron chi connectivity index (χ4n) is 5.33. The maximum absolute atomic E-state index is 14.0. The molecule has 1 aliphatic heterocycles. The van der Waals surface area contributed by atoms with E-state index in [4.69, 9.17) is 11.6 Å². The number of aryl methyl sites for hydroxylation is 1. The van der Waals surface area contributed by atoms with E-state index >= 15 is 0 Å². The Labute approximate surface area is 229 Å². The minimum absolute atomic E-state index is 0.175. The van der Waals surface area contributed by atoms with Crippen molar-refractivity contribution in [1.29, 1.82) is 0 Å². The van der Waals surface area contributed by atoms with Crippen molar-refractivity contribution in [3.05, 3.63) is 88.4 Å². The third-order valence-electron chi connectivity index (χ3n) is 7.42. The Balaban J connectivity index is 1.47. The van der Waals surface area contributed by atoms with Gasteiger partial charge in [0.25, 0.3) is 5.91 Å². The van der Waals surface area contributed by atoms with E-state index < -0.39 is 10.0 Å². The molecule has 1 heterocycles. The lowest BCUT2D eigenvalue weighted by Gasteiger charge is -2.36. The van der Waals surface area contributed by atoms with Crippen molar-refractivity contribution in [2.45, 2.75) is 37.1 Å². The monoisotopic (exact) mass is 552 g/mol. The number of carbonyl (C=O) groups is 1. The lowest BCUT2D eigenvalue weighted by atomic mass is 9.88. The van der Waals surface area contributed by atoms with Gasteiger partial charge in [0, 0.05) is 48.5 Å². The van der Waals surface area contributed by atoms with Crippen molar-refractivity contribution in [2.75, 3.05) is 42.9 Å². The molecule has 3 aromatic carbocycles. The molecule has 7 nitrogen and oxygen atoms in total. The van der Waals surface area contributed by atoms with Crippen LogP contribution in [0.5, 0.6) is 0 Å². The van der Waals surface area contributed by atoms with E-state index in [2.05, 4.69) is 32.8 Å². The van der Waals surface area contributed by atoms with E-state index in [1.165, 1.54) is 5.56 Å². The molecule has 1 fully saturated rings. The number of hydrogen-bond acceptors (Lipinski definition) is 5. The van der Waals surface area contributed by atoms with Crippen LogP contribution in [0.2, 0.25) is 5.02 Å². The van der Waals surface area contributed by atoms with Gasteiger partial charge in [-0.05, 0) is 73.3 Å². The van der Waals surface area contributed by atoms with Crippen LogP contribution in [0.25, 0.3) is 0 Å². The molecule has 0 aromatic heterocycles. The fraction of sp³-hybridized carbons (Fsp3) is 0.345. The zero-order valence-corrected chi connectivity index (χ0v) is 23.1. The number of carbonyl (C=O) groups excluding carboxylic acids is 1. The molecule has 1 amide bonds. The summed E-state index contributed by atoms with van der Waals surface area (Å²) in [5, 5.41) is 3.30. The summed E-state index contributed by atoms with van der Waals surface area (Å²) in [6, 6.07) is 19.5. The van der Waals surface area contributed by atoms with Crippen LogP contribution in [-0.2, 0) is 16.4 Å². The number of hydrogen-bond donors (Lipinski definition) is 2. The number of likely N-dealkylation sites (N-methyl/N-ethyl adjacent to an activating group) is 1. The van der Waals surface area contributed by atoms with Crippen molar-refractivity contribution < 1.29 is 13.2 Å². The first-order chi connectivity index (χ1) is 18.3. The number of piperazine rings is 1. The Morgan fingerprint density at radius 2 is 1.79 bits per heavy atom. The van der Waals surface area contributed by atoms with Crippen LogP contribution in [-0.4, -0.2) is 51.9 Å². The third-order valence-corrected chi connectivity index (χ3v) is 9.16. The maximum Gasteiger partial charge on any atom is 0.255 e. The van der Waals surface area contributed by atoms with Gasteiger partial charge in [-0.2, -0.15) is 0 Å². The zero-order chi connectivity index (χ0) is 26.7. The molecule has 0 radical (unpaired) electrons. The van der Waals surface area contributed by atoms with Crippen LogP contribution >= 0.6 is 11.6 Å². The van der Waals surface area contributed by atoms with Crippen molar-refractivity contribution >= 4 is 38.9 Å². The Bertz CT molecular complexity index is 1420. The lowest BCUT2D eigenvalue weighted by molar-refractivity contribution is 0.102. The van der Waals surface area contributed by atoms with Gasteiger partial charge in [0.05, 0.1) is 5.69 Å². The smallest absolute Gasteiger partial charge is 0.255 e. The predicted molar refractivity (Wildman–Crippen MR) is 153 cm³/mol. The van der Waals surface area contributed by atoms with Gasteiger partial charge in [-0.25, -0.2) is 13.1 Å². The minimum Gasteiger partial charge on any atom is -0.368 e. The molecule has 1 atom stereocenters. The summed E-state index contributed by atoms with van der Waals surface area (Å²) >= 11 is 6.06. The largest absolute Gasteiger partial charge is 0.368 e. The van der Waals surface area contributed by atoms with Gasteiger partial charge in [-0.1, -0.05) is 48.9 Å². The van der Waals surface area contributed by atoms with Gasteiger partial charge in [0.15, 0.2) is 0 Å². The van der Waals surface area contributed by atoms with Gasteiger partial charge >= 0.3 is 0 Å². The van der Waals surface area contributed by atoms with Gasteiger partial charge in [-0.3, -0.25) is 4.79 Å². The Morgan fingerprint density at radius 1 is 1.00 bits per heavy atom. The number of amides is 1. The molecule has 38 heavy (non-hydrogen) atoms. The topological polar surface area (TPSA) is 81.8 Å². The molecule has 0 bridgehead atoms. The maximum atomic E-state index is 14.0. The quantitative estimate of drug-likeness (QED) is 0.427. The van der Waals surface area contributed by atoms with Crippen molar-refractivity contribution in [1.82, 2.24) is 9.62 Å². The average molecular weight is 553 g/mol. The van der Waals surface area contributed by atoms with Crippen LogP contribution in [0.15, 0.2) is 71.6 Å². The van der Waals surface area contributed by atoms with Gasteiger partial charge in [-0.15, -0.1) is 0 Å². The SMILES string of the molecule is CCN1CCN(c2ccc(NC(=O)c3cccc(Cl)c3)cc2S(=O)(=O)N[C@H]2CCCc3ccccc32)CC1. The highest BCUT2D eigenvalue weighted by molar-refractivity contribution is 7.89. The van der Waals surface area contributed by atoms with E-state index in [0.717, 1.165) is 57.5 Å². The number of benzene rings is 3. The summed E-state index contributed by atoms with van der Waals surface area (Å²) in [7, 11) is -3.91. The highest BCUT2D eigenvalue weighted by atomic mass is 35.5. The Kier molecular flexibility index (Phi) is 8.04. The molecule has 0 unspecified atom stereocenters. The molecule has 0 saturated carbocycles. The van der Waals surface area contributed by atoms with E-state index in [9.17, 15) is 13.2 Å². The molecule has 9 heteroatoms. The number of anilines is 2. The molecule has 200 valence electrons. The Morgan fingerprint density at radius 3 is 2.55 bits per heavy atom. The molecule has 1 aliphatic carbocycles. The van der Waals surface area contributed by atoms with Gasteiger partial charge in [0.2, 0.25) is 10.0 Å². The van der Waals surface area contributed by atoms with Crippen LogP contribution in [0, 0.1) is 0 Å². The highest BCUT2D eigenvalue weighted by Gasteiger charge is 2.30. The predicted octanol–water partition coefficient (Wildman–Crippen LogP) is 5.09. The van der Waals surface area contributed by atoms with Crippen LogP contribution in [0.1, 0.15) is 47.3 Å². The number of halogens is 1. The standard InChI is InChI=1S/C29H33ClN4O3S/c1-2-33-15-17-34(18-16-33)27-14-13-24(31-29(35)22-9-5-10-23(30)19-22)20-28(27)38(36,37)32-26-12-6-8-21-7-3-4-11-25(21)26/h3-5,7,9-11,13-14,19-20,26,32H,2,6,8,12,15-18H2,1H3,(H,31,35)/t26-/m0/s1. The van der Waals surface area contributed by atoms with Gasteiger partial charge < -0.3 is 15.1 Å². The molecule has 0 spiro atoms. The second-order valence-corrected chi connectivity index (χ2v) is 12.0. The second-order valence-electron chi connectivity index (χ2n) is 9.83. The normalized spacial score (nSPS) is 18.2. The van der Waals surface area contributed by atoms with Gasteiger partial charge in [0.1, 0.15) is 4.90 Å². The first kappa shape index (κ1) is 26.7. The second kappa shape index (κ2) is 11.5. The summed E-state index contributed by atoms with van der Waals surface area (Å²) in [6.07, 6.45) is 2.62. The molecule has 5 rings (SSSR count). The number of sulfonamides is 1. The molecule has 1 saturated heterocycles. The first-order valence-corrected chi connectivity index (χ1v) is 15.0. The van der Waals surface area contributed by atoms with E-state index in [-0.39, 0.29) is 16.8 Å².